The number of hydrogen-bond donors (Lipinski definition) is 1. The molecule has 0 fully saturated rings. The molecule has 3 heteroatoms. The Kier molecular flexibility index (Phi) is 1.88. The Morgan fingerprint density at radius 1 is 1.36 bits per heavy atom. The van der Waals surface area contributed by atoms with Gasteiger partial charge in [-0.1, -0.05) is 16.8 Å². The van der Waals surface area contributed by atoms with Crippen molar-refractivity contribution in [3.8, 4) is 0 Å². The maximum Gasteiger partial charge on any atom is 0.211 e. The first kappa shape index (κ1) is 8.94. The van der Waals surface area contributed by atoms with E-state index < -0.39 is 0 Å². The minimum absolute atomic E-state index is 0.144. The molecule has 0 saturated carbocycles. The van der Waals surface area contributed by atoms with Crippen molar-refractivity contribution < 1.29 is 10.0 Å². The zero-order valence-corrected chi connectivity index (χ0v) is 8.16. The van der Waals surface area contributed by atoms with Gasteiger partial charge in [0, 0.05) is 12.0 Å². The molecule has 0 saturated heterocycles. The van der Waals surface area contributed by atoms with E-state index in [1.165, 1.54) is 0 Å². The number of hydrogen-bond acceptors (Lipinski definition) is 3. The number of carbonyl (C=O) groups excluding carboxylic acids is 1. The second kappa shape index (κ2) is 2.94. The number of ketones is 1. The molecule has 72 valence electrons. The largest absolute Gasteiger partial charge is 0.411 e. The molecule has 0 heterocycles. The summed E-state index contributed by atoms with van der Waals surface area (Å²) >= 11 is 0. The molecule has 0 spiro atoms. The first-order chi connectivity index (χ1) is 6.63. The van der Waals surface area contributed by atoms with Gasteiger partial charge in [-0.2, -0.15) is 0 Å². The van der Waals surface area contributed by atoms with Crippen LogP contribution in [0.15, 0.2) is 17.3 Å². The van der Waals surface area contributed by atoms with E-state index in [4.69, 9.17) is 5.21 Å². The lowest BCUT2D eigenvalue weighted by atomic mass is 10.0. The molecule has 1 N–H and O–H groups in total. The van der Waals surface area contributed by atoms with Crippen LogP contribution >= 0.6 is 0 Å². The van der Waals surface area contributed by atoms with E-state index >= 15 is 0 Å². The van der Waals surface area contributed by atoms with Gasteiger partial charge in [-0.15, -0.1) is 0 Å². The van der Waals surface area contributed by atoms with Gasteiger partial charge in [-0.25, -0.2) is 0 Å². The highest BCUT2D eigenvalue weighted by atomic mass is 16.4. The lowest BCUT2D eigenvalue weighted by Crippen LogP contribution is -2.06. The quantitative estimate of drug-likeness (QED) is 0.500. The summed E-state index contributed by atoms with van der Waals surface area (Å²) in [6.45, 7) is 3.92. The average molecular weight is 189 g/mol. The van der Waals surface area contributed by atoms with E-state index in [0.717, 1.165) is 16.7 Å². The number of carbonyl (C=O) groups is 1. The number of benzene rings is 1. The van der Waals surface area contributed by atoms with Gasteiger partial charge < -0.3 is 5.21 Å². The first-order valence-corrected chi connectivity index (χ1v) is 4.49. The molecule has 0 aliphatic heterocycles. The van der Waals surface area contributed by atoms with Crippen LogP contribution < -0.4 is 0 Å². The van der Waals surface area contributed by atoms with Gasteiger partial charge in [-0.05, 0) is 31.0 Å². The summed E-state index contributed by atoms with van der Waals surface area (Å²) in [7, 11) is 0. The van der Waals surface area contributed by atoms with Gasteiger partial charge in [0.25, 0.3) is 0 Å². The van der Waals surface area contributed by atoms with Gasteiger partial charge in [0.1, 0.15) is 5.71 Å². The molecule has 14 heavy (non-hydrogen) atoms. The molecule has 3 nitrogen and oxygen atoms in total. The topological polar surface area (TPSA) is 49.7 Å². The van der Waals surface area contributed by atoms with E-state index in [0.29, 0.717) is 12.0 Å². The SMILES string of the molecule is Cc1cc(C)c2c(c1)C(=O)C(=NO)C2. The summed E-state index contributed by atoms with van der Waals surface area (Å²) in [5, 5.41) is 11.7. The molecule has 0 aromatic heterocycles. The number of rotatable bonds is 0. The molecule has 1 aliphatic carbocycles. The molecular weight excluding hydrogens is 178 g/mol. The van der Waals surface area contributed by atoms with Crippen molar-refractivity contribution in [3.05, 3.63) is 34.4 Å². The molecule has 2 rings (SSSR count). The highest BCUT2D eigenvalue weighted by Gasteiger charge is 2.28. The minimum Gasteiger partial charge on any atom is -0.411 e. The fourth-order valence-electron chi connectivity index (χ4n) is 1.92. The number of oxime groups is 1. The number of fused-ring (bicyclic) bond motifs is 1. The van der Waals surface area contributed by atoms with Crippen LogP contribution in [0.1, 0.15) is 27.0 Å². The second-order valence-corrected chi connectivity index (χ2v) is 3.66. The van der Waals surface area contributed by atoms with Crippen LogP contribution in [-0.2, 0) is 6.42 Å². The highest BCUT2D eigenvalue weighted by Crippen LogP contribution is 2.25. The molecule has 0 amide bonds. The van der Waals surface area contributed by atoms with Gasteiger partial charge in [0.05, 0.1) is 0 Å². The lowest BCUT2D eigenvalue weighted by Gasteiger charge is -2.02. The van der Waals surface area contributed by atoms with E-state index in [1.54, 1.807) is 0 Å². The van der Waals surface area contributed by atoms with E-state index in [1.807, 2.05) is 26.0 Å². The Morgan fingerprint density at radius 3 is 2.71 bits per heavy atom. The summed E-state index contributed by atoms with van der Waals surface area (Å²) in [4.78, 5) is 11.6. The highest BCUT2D eigenvalue weighted by molar-refractivity contribution is 6.49. The second-order valence-electron chi connectivity index (χ2n) is 3.66. The number of aryl methyl sites for hydroxylation is 2. The molecule has 0 bridgehead atoms. The summed E-state index contributed by atoms with van der Waals surface area (Å²) in [6, 6.07) is 3.88. The zero-order chi connectivity index (χ0) is 10.3. The molecule has 0 unspecified atom stereocenters. The number of nitrogens with zero attached hydrogens (tertiary/aromatic N) is 1. The monoisotopic (exact) mass is 189 g/mol. The van der Waals surface area contributed by atoms with Crippen molar-refractivity contribution in [1.29, 1.82) is 0 Å². The van der Waals surface area contributed by atoms with Crippen molar-refractivity contribution in [2.24, 2.45) is 5.16 Å². The third-order valence-corrected chi connectivity index (χ3v) is 2.59. The summed E-state index contributed by atoms with van der Waals surface area (Å²) in [6.07, 6.45) is 0.455. The molecule has 0 atom stereocenters. The Balaban J connectivity index is 2.65. The van der Waals surface area contributed by atoms with E-state index in [2.05, 4.69) is 5.16 Å². The summed E-state index contributed by atoms with van der Waals surface area (Å²) in [5.41, 5.74) is 4.08. The molecule has 1 aliphatic rings. The minimum atomic E-state index is -0.144. The maximum absolute atomic E-state index is 11.6. The molecule has 1 aromatic carbocycles. The standard InChI is InChI=1S/C11H11NO2/c1-6-3-7(2)8-5-10(12-14)11(13)9(8)4-6/h3-4,14H,5H2,1-2H3. The van der Waals surface area contributed by atoms with Gasteiger partial charge in [-0.3, -0.25) is 4.79 Å². The van der Waals surface area contributed by atoms with Crippen LogP contribution in [0.4, 0.5) is 0 Å². The number of Topliss-reactive ketones (excluding diaryl/α,β-unsaturated/α-hetero) is 1. The third-order valence-electron chi connectivity index (χ3n) is 2.59. The van der Waals surface area contributed by atoms with Gasteiger partial charge >= 0.3 is 0 Å². The fraction of sp³-hybridized carbons (Fsp3) is 0.273. The maximum atomic E-state index is 11.6. The Morgan fingerprint density at radius 2 is 2.07 bits per heavy atom. The van der Waals surface area contributed by atoms with Crippen LogP contribution in [0.3, 0.4) is 0 Å². The lowest BCUT2D eigenvalue weighted by molar-refractivity contribution is 0.106. The molecule has 0 radical (unpaired) electrons. The molecule has 1 aromatic rings. The smallest absolute Gasteiger partial charge is 0.211 e. The predicted octanol–water partition coefficient (Wildman–Crippen LogP) is 1.87. The van der Waals surface area contributed by atoms with Crippen molar-refractivity contribution in [3.63, 3.8) is 0 Å². The Labute approximate surface area is 82.1 Å². The fourth-order valence-corrected chi connectivity index (χ4v) is 1.92. The normalized spacial score (nSPS) is 17.6. The first-order valence-electron chi connectivity index (χ1n) is 4.49. The zero-order valence-electron chi connectivity index (χ0n) is 8.16. The van der Waals surface area contributed by atoms with Crippen LogP contribution in [-0.4, -0.2) is 16.7 Å². The van der Waals surface area contributed by atoms with Crippen LogP contribution in [0, 0.1) is 13.8 Å². The van der Waals surface area contributed by atoms with Crippen molar-refractivity contribution in [2.75, 3.05) is 0 Å². The van der Waals surface area contributed by atoms with Crippen LogP contribution in [0.25, 0.3) is 0 Å². The summed E-state index contributed by atoms with van der Waals surface area (Å²) < 4.78 is 0. The van der Waals surface area contributed by atoms with Gasteiger partial charge in [0.15, 0.2) is 0 Å². The predicted molar refractivity (Wildman–Crippen MR) is 53.2 cm³/mol. The third kappa shape index (κ3) is 1.13. The molecular formula is C11H11NO2. The van der Waals surface area contributed by atoms with E-state index in [-0.39, 0.29) is 11.5 Å². The van der Waals surface area contributed by atoms with Gasteiger partial charge in [0.2, 0.25) is 5.78 Å². The Hall–Kier alpha value is -1.64. The van der Waals surface area contributed by atoms with Crippen molar-refractivity contribution in [1.82, 2.24) is 0 Å². The van der Waals surface area contributed by atoms with Crippen LogP contribution in [0.2, 0.25) is 0 Å². The van der Waals surface area contributed by atoms with E-state index in [9.17, 15) is 4.79 Å². The summed E-state index contributed by atoms with van der Waals surface area (Å²) in [5.74, 6) is -0.144. The van der Waals surface area contributed by atoms with Crippen molar-refractivity contribution in [2.45, 2.75) is 20.3 Å². The van der Waals surface area contributed by atoms with Crippen molar-refractivity contribution >= 4 is 11.5 Å². The average Bonchev–Trinajstić information content (AvgIpc) is 2.44. The van der Waals surface area contributed by atoms with Crippen LogP contribution in [0.5, 0.6) is 0 Å². The Bertz CT molecular complexity index is 447.